The van der Waals surface area contributed by atoms with Gasteiger partial charge in [0.1, 0.15) is 5.69 Å². The van der Waals surface area contributed by atoms with E-state index in [9.17, 15) is 4.79 Å². The average molecular weight is 351 g/mol. The van der Waals surface area contributed by atoms with Gasteiger partial charge in [0.25, 0.3) is 0 Å². The Morgan fingerprint density at radius 2 is 1.81 bits per heavy atom. The molecule has 26 heavy (non-hydrogen) atoms. The summed E-state index contributed by atoms with van der Waals surface area (Å²) >= 11 is 0. The minimum Gasteiger partial charge on any atom is -0.463 e. The maximum absolute atomic E-state index is 12.0. The van der Waals surface area contributed by atoms with Crippen molar-refractivity contribution >= 4 is 6.03 Å². The largest absolute Gasteiger partial charge is 0.463 e. The smallest absolute Gasteiger partial charge is 0.315 e. The van der Waals surface area contributed by atoms with Gasteiger partial charge in [-0.25, -0.2) is 4.79 Å². The molecule has 1 aromatic carbocycles. The van der Waals surface area contributed by atoms with Gasteiger partial charge in [0, 0.05) is 19.3 Å². The number of carbonyl (C=O) groups excluding carboxylic acids is 1. The molecule has 2 amide bonds. The zero-order valence-corrected chi connectivity index (χ0v) is 13.9. The molecule has 4 rings (SSSR count). The minimum absolute atomic E-state index is 0.236. The number of pyridine rings is 1. The third-order valence-corrected chi connectivity index (χ3v) is 3.94. The Kier molecular flexibility index (Phi) is 4.42. The van der Waals surface area contributed by atoms with Crippen LogP contribution in [0.15, 0.2) is 59.3 Å². The first kappa shape index (κ1) is 16.0. The monoisotopic (exact) mass is 351 g/mol. The standard InChI is InChI=1S/C19H17N3O4/c23-19(21-9-13-4-6-17-18(8-13)26-12-25-17)22-11-14-3-5-15(20-10-14)16-2-1-7-24-16/h1-8,10H,9,11-12H2,(H2,21,22,23). The molecule has 0 atom stereocenters. The highest BCUT2D eigenvalue weighted by Crippen LogP contribution is 2.32. The van der Waals surface area contributed by atoms with E-state index in [-0.39, 0.29) is 12.8 Å². The van der Waals surface area contributed by atoms with E-state index < -0.39 is 0 Å². The van der Waals surface area contributed by atoms with Gasteiger partial charge in [-0.2, -0.15) is 0 Å². The Labute approximate surface area is 150 Å². The topological polar surface area (TPSA) is 85.6 Å². The van der Waals surface area contributed by atoms with Crippen LogP contribution in [0.4, 0.5) is 4.79 Å². The molecular weight excluding hydrogens is 334 g/mol. The Hall–Kier alpha value is -3.48. The molecule has 3 heterocycles. The summed E-state index contributed by atoms with van der Waals surface area (Å²) in [7, 11) is 0. The van der Waals surface area contributed by atoms with Crippen LogP contribution in [0.2, 0.25) is 0 Å². The van der Waals surface area contributed by atoms with Crippen LogP contribution in [0, 0.1) is 0 Å². The van der Waals surface area contributed by atoms with E-state index in [1.54, 1.807) is 12.5 Å². The number of nitrogens with zero attached hydrogens (tertiary/aromatic N) is 1. The van der Waals surface area contributed by atoms with Crippen LogP contribution in [0.25, 0.3) is 11.5 Å². The number of furan rings is 1. The Balaban J connectivity index is 1.26. The fraction of sp³-hybridized carbons (Fsp3) is 0.158. The summed E-state index contributed by atoms with van der Waals surface area (Å²) in [5.74, 6) is 2.14. The summed E-state index contributed by atoms with van der Waals surface area (Å²) in [6, 6.07) is 12.8. The summed E-state index contributed by atoms with van der Waals surface area (Å²) in [5.41, 5.74) is 2.60. The number of fused-ring (bicyclic) bond motifs is 1. The van der Waals surface area contributed by atoms with Crippen LogP contribution in [-0.2, 0) is 13.1 Å². The molecule has 3 aromatic rings. The molecule has 0 radical (unpaired) electrons. The molecule has 0 fully saturated rings. The molecule has 2 N–H and O–H groups in total. The van der Waals surface area contributed by atoms with Gasteiger partial charge in [0.15, 0.2) is 17.3 Å². The van der Waals surface area contributed by atoms with E-state index in [0.717, 1.165) is 22.6 Å². The van der Waals surface area contributed by atoms with Crippen molar-refractivity contribution in [2.75, 3.05) is 6.79 Å². The molecule has 0 spiro atoms. The predicted molar refractivity (Wildman–Crippen MR) is 93.6 cm³/mol. The second kappa shape index (κ2) is 7.18. The number of nitrogens with one attached hydrogen (secondary N) is 2. The van der Waals surface area contributed by atoms with Gasteiger partial charge in [-0.05, 0) is 41.5 Å². The van der Waals surface area contributed by atoms with Gasteiger partial charge < -0.3 is 24.5 Å². The summed E-state index contributed by atoms with van der Waals surface area (Å²) in [6.45, 7) is 1.02. The maximum atomic E-state index is 12.0. The molecule has 0 saturated heterocycles. The van der Waals surface area contributed by atoms with Crippen LogP contribution in [0.3, 0.4) is 0 Å². The predicted octanol–water partition coefficient (Wildman–Crippen LogP) is 3.07. The molecule has 2 aromatic heterocycles. The normalized spacial score (nSPS) is 12.0. The number of hydrogen-bond acceptors (Lipinski definition) is 5. The molecule has 132 valence electrons. The highest BCUT2D eigenvalue weighted by atomic mass is 16.7. The Morgan fingerprint density at radius 3 is 2.58 bits per heavy atom. The quantitative estimate of drug-likeness (QED) is 0.738. The van der Waals surface area contributed by atoms with Crippen molar-refractivity contribution in [2.24, 2.45) is 0 Å². The third-order valence-electron chi connectivity index (χ3n) is 3.94. The van der Waals surface area contributed by atoms with Crippen LogP contribution in [-0.4, -0.2) is 17.8 Å². The van der Waals surface area contributed by atoms with E-state index in [0.29, 0.717) is 24.6 Å². The second-order valence-electron chi connectivity index (χ2n) is 5.75. The maximum Gasteiger partial charge on any atom is 0.315 e. The van der Waals surface area contributed by atoms with E-state index >= 15 is 0 Å². The van der Waals surface area contributed by atoms with Crippen LogP contribution >= 0.6 is 0 Å². The zero-order chi connectivity index (χ0) is 17.8. The van der Waals surface area contributed by atoms with Gasteiger partial charge in [0.2, 0.25) is 6.79 Å². The lowest BCUT2D eigenvalue weighted by molar-refractivity contribution is 0.174. The number of benzene rings is 1. The summed E-state index contributed by atoms with van der Waals surface area (Å²) in [5, 5.41) is 5.62. The molecular formula is C19H17N3O4. The van der Waals surface area contributed by atoms with Crippen molar-refractivity contribution in [3.8, 4) is 23.0 Å². The van der Waals surface area contributed by atoms with Crippen LogP contribution in [0.5, 0.6) is 11.5 Å². The zero-order valence-electron chi connectivity index (χ0n) is 13.9. The molecule has 0 unspecified atom stereocenters. The number of carbonyl (C=O) groups is 1. The highest BCUT2D eigenvalue weighted by molar-refractivity contribution is 5.73. The van der Waals surface area contributed by atoms with Crippen molar-refractivity contribution in [1.82, 2.24) is 15.6 Å². The third kappa shape index (κ3) is 3.61. The Bertz CT molecular complexity index is 892. The molecule has 0 bridgehead atoms. The van der Waals surface area contributed by atoms with Gasteiger partial charge in [-0.1, -0.05) is 12.1 Å². The number of hydrogen-bond donors (Lipinski definition) is 2. The van der Waals surface area contributed by atoms with Gasteiger partial charge in [-0.15, -0.1) is 0 Å². The first-order valence-corrected chi connectivity index (χ1v) is 8.17. The number of rotatable bonds is 5. The highest BCUT2D eigenvalue weighted by Gasteiger charge is 2.13. The summed E-state index contributed by atoms with van der Waals surface area (Å²) < 4.78 is 15.9. The first-order chi connectivity index (χ1) is 12.8. The summed E-state index contributed by atoms with van der Waals surface area (Å²) in [6.07, 6.45) is 3.33. The Morgan fingerprint density at radius 1 is 1.00 bits per heavy atom. The van der Waals surface area contributed by atoms with E-state index in [2.05, 4.69) is 15.6 Å². The fourth-order valence-corrected chi connectivity index (χ4v) is 2.58. The van der Waals surface area contributed by atoms with Gasteiger partial charge >= 0.3 is 6.03 Å². The van der Waals surface area contributed by atoms with Crippen molar-refractivity contribution in [1.29, 1.82) is 0 Å². The lowest BCUT2D eigenvalue weighted by Gasteiger charge is -2.08. The van der Waals surface area contributed by atoms with Crippen molar-refractivity contribution in [2.45, 2.75) is 13.1 Å². The van der Waals surface area contributed by atoms with E-state index in [1.165, 1.54) is 0 Å². The van der Waals surface area contributed by atoms with Gasteiger partial charge in [-0.3, -0.25) is 4.98 Å². The van der Waals surface area contributed by atoms with Crippen molar-refractivity contribution in [3.63, 3.8) is 0 Å². The van der Waals surface area contributed by atoms with Crippen molar-refractivity contribution < 1.29 is 18.7 Å². The minimum atomic E-state index is -0.252. The van der Waals surface area contributed by atoms with E-state index in [4.69, 9.17) is 13.9 Å². The molecule has 7 heteroatoms. The molecule has 7 nitrogen and oxygen atoms in total. The number of amides is 2. The number of urea groups is 1. The van der Waals surface area contributed by atoms with Crippen LogP contribution in [0.1, 0.15) is 11.1 Å². The SMILES string of the molecule is O=C(NCc1ccc(-c2ccco2)nc1)NCc1ccc2c(c1)OCO2. The van der Waals surface area contributed by atoms with Crippen LogP contribution < -0.4 is 20.1 Å². The average Bonchev–Trinajstić information content (AvgIpc) is 3.36. The van der Waals surface area contributed by atoms with E-state index in [1.807, 2.05) is 42.5 Å². The molecule has 0 aliphatic carbocycles. The lowest BCUT2D eigenvalue weighted by Crippen LogP contribution is -2.34. The lowest BCUT2D eigenvalue weighted by atomic mass is 10.2. The first-order valence-electron chi connectivity index (χ1n) is 8.17. The molecule has 1 aliphatic heterocycles. The van der Waals surface area contributed by atoms with Crippen molar-refractivity contribution in [3.05, 3.63) is 66.1 Å². The second-order valence-corrected chi connectivity index (χ2v) is 5.75. The summed E-state index contributed by atoms with van der Waals surface area (Å²) in [4.78, 5) is 16.3. The number of aromatic nitrogens is 1. The molecule has 0 saturated carbocycles. The molecule has 1 aliphatic rings. The fourth-order valence-electron chi connectivity index (χ4n) is 2.58. The number of ether oxygens (including phenoxy) is 2. The van der Waals surface area contributed by atoms with Gasteiger partial charge in [0.05, 0.1) is 6.26 Å².